The van der Waals surface area contributed by atoms with Gasteiger partial charge in [-0.25, -0.2) is 17.2 Å². The number of hydrogen-bond acceptors (Lipinski definition) is 5. The molecule has 1 heterocycles. The Morgan fingerprint density at radius 3 is 2.43 bits per heavy atom. The zero-order valence-corrected chi connectivity index (χ0v) is 17.5. The first-order valence-electron chi connectivity index (χ1n) is 9.52. The molecule has 1 aromatic heterocycles. The minimum atomic E-state index is -4.03. The molecule has 0 amide bonds. The zero-order chi connectivity index (χ0) is 21.4. The number of halogens is 3. The summed E-state index contributed by atoms with van der Waals surface area (Å²) in [4.78, 5) is 0.0333. The van der Waals surface area contributed by atoms with E-state index in [-0.39, 0.29) is 29.2 Å². The van der Waals surface area contributed by atoms with E-state index in [1.807, 2.05) is 0 Å². The van der Waals surface area contributed by atoms with Crippen molar-refractivity contribution in [2.45, 2.75) is 41.7 Å². The van der Waals surface area contributed by atoms with Gasteiger partial charge in [0.2, 0.25) is 12.3 Å². The molecule has 1 aliphatic carbocycles. The Morgan fingerprint density at radius 1 is 1.10 bits per heavy atom. The van der Waals surface area contributed by atoms with E-state index in [2.05, 4.69) is 10.2 Å². The predicted molar refractivity (Wildman–Crippen MR) is 107 cm³/mol. The average molecular weight is 453 g/mol. The largest absolute Gasteiger partial charge is 0.428 e. The Balaban J connectivity index is 1.75. The first-order valence-corrected chi connectivity index (χ1v) is 11.4. The quantitative estimate of drug-likeness (QED) is 0.538. The molecular formula is C21H19ClF2N2O3S. The van der Waals surface area contributed by atoms with Gasteiger partial charge in [0.1, 0.15) is 16.4 Å². The van der Waals surface area contributed by atoms with Gasteiger partial charge < -0.3 is 4.42 Å². The summed E-state index contributed by atoms with van der Waals surface area (Å²) in [7, 11) is -4.03. The molecule has 0 unspecified atom stereocenters. The summed E-state index contributed by atoms with van der Waals surface area (Å²) in [6.45, 7) is 0. The zero-order valence-electron chi connectivity index (χ0n) is 15.9. The van der Waals surface area contributed by atoms with Gasteiger partial charge in [-0.1, -0.05) is 11.6 Å². The normalized spacial score (nSPS) is 22.2. The molecule has 158 valence electrons. The number of benzene rings is 2. The summed E-state index contributed by atoms with van der Waals surface area (Å²) in [6, 6.07) is 8.73. The van der Waals surface area contributed by atoms with Crippen molar-refractivity contribution >= 4 is 21.4 Å². The third kappa shape index (κ3) is 3.74. The van der Waals surface area contributed by atoms with Gasteiger partial charge in [-0.2, -0.15) is 0 Å². The van der Waals surface area contributed by atoms with Crippen molar-refractivity contribution in [3.8, 4) is 0 Å². The Labute approximate surface area is 178 Å². The molecule has 0 atom stereocenters. The van der Waals surface area contributed by atoms with Gasteiger partial charge in [0, 0.05) is 17.0 Å². The highest BCUT2D eigenvalue weighted by molar-refractivity contribution is 7.92. The Bertz CT molecular complexity index is 1130. The monoisotopic (exact) mass is 452 g/mol. The van der Waals surface area contributed by atoms with E-state index >= 15 is 0 Å². The van der Waals surface area contributed by atoms with Crippen molar-refractivity contribution in [3.63, 3.8) is 0 Å². The van der Waals surface area contributed by atoms with E-state index in [1.165, 1.54) is 30.7 Å². The lowest BCUT2D eigenvalue weighted by Gasteiger charge is -2.40. The maximum atomic E-state index is 14.8. The Morgan fingerprint density at radius 2 is 1.80 bits per heavy atom. The first kappa shape index (κ1) is 20.9. The molecule has 5 nitrogen and oxygen atoms in total. The molecule has 0 N–H and O–H groups in total. The van der Waals surface area contributed by atoms with Crippen LogP contribution in [0.1, 0.15) is 37.1 Å². The van der Waals surface area contributed by atoms with Crippen LogP contribution < -0.4 is 0 Å². The minimum Gasteiger partial charge on any atom is -0.428 e. The topological polar surface area (TPSA) is 73.1 Å². The number of hydrogen-bond donors (Lipinski definition) is 0. The molecule has 1 saturated carbocycles. The molecule has 2 aromatic carbocycles. The third-order valence-corrected chi connectivity index (χ3v) is 8.64. The third-order valence-electron chi connectivity index (χ3n) is 5.84. The summed E-state index contributed by atoms with van der Waals surface area (Å²) in [5.41, 5.74) is -0.131. The molecule has 1 fully saturated rings. The first-order chi connectivity index (χ1) is 14.3. The van der Waals surface area contributed by atoms with Crippen molar-refractivity contribution in [2.24, 2.45) is 5.92 Å². The standard InChI is InChI=1S/C21H19ClF2N2O3S/c22-15-1-4-17(5-2-15)30(27,28)21(18-12-16(23)3-6-19(18)24)9-7-14(8-10-21)11-20-26-25-13-29-20/h1-6,12-14H,7-11H2/t14-,21+. The number of sulfone groups is 1. The van der Waals surface area contributed by atoms with Gasteiger partial charge in [0.25, 0.3) is 0 Å². The lowest BCUT2D eigenvalue weighted by molar-refractivity contribution is 0.272. The van der Waals surface area contributed by atoms with E-state index in [0.717, 1.165) is 18.2 Å². The molecule has 0 bridgehead atoms. The second kappa shape index (κ2) is 8.07. The number of nitrogens with zero attached hydrogens (tertiary/aromatic N) is 2. The van der Waals surface area contributed by atoms with Crippen LogP contribution in [-0.4, -0.2) is 18.6 Å². The smallest absolute Gasteiger partial charge is 0.216 e. The highest BCUT2D eigenvalue weighted by Crippen LogP contribution is 2.49. The molecule has 1 aliphatic rings. The molecule has 0 spiro atoms. The van der Waals surface area contributed by atoms with Crippen molar-refractivity contribution in [2.75, 3.05) is 0 Å². The molecular weight excluding hydrogens is 434 g/mol. The van der Waals surface area contributed by atoms with Gasteiger partial charge >= 0.3 is 0 Å². The second-order valence-corrected chi connectivity index (χ2v) is 10.3. The SMILES string of the molecule is O=S(=O)(c1ccc(Cl)cc1)[C@]1(c2cc(F)ccc2F)CC[C@H](Cc2nnco2)CC1. The van der Waals surface area contributed by atoms with E-state index < -0.39 is 26.2 Å². The molecule has 3 aromatic rings. The number of rotatable bonds is 5. The van der Waals surface area contributed by atoms with E-state index in [4.69, 9.17) is 16.0 Å². The summed E-state index contributed by atoms with van der Waals surface area (Å²) in [5.74, 6) is -0.824. The van der Waals surface area contributed by atoms with Crippen molar-refractivity contribution < 1.29 is 21.6 Å². The van der Waals surface area contributed by atoms with Gasteiger partial charge in [0.15, 0.2) is 9.84 Å². The maximum Gasteiger partial charge on any atom is 0.216 e. The predicted octanol–water partition coefficient (Wildman–Crippen LogP) is 5.10. The molecule has 9 heteroatoms. The average Bonchev–Trinajstić information content (AvgIpc) is 3.24. The summed E-state index contributed by atoms with van der Waals surface area (Å²) < 4.78 is 60.0. The summed E-state index contributed by atoms with van der Waals surface area (Å²) in [6.07, 6.45) is 3.04. The van der Waals surface area contributed by atoms with Crippen LogP contribution in [0.4, 0.5) is 8.78 Å². The van der Waals surface area contributed by atoms with E-state index in [0.29, 0.717) is 30.2 Å². The van der Waals surface area contributed by atoms with Crippen LogP contribution in [0.15, 0.2) is 58.2 Å². The molecule has 0 aliphatic heterocycles. The van der Waals surface area contributed by atoms with Crippen LogP contribution in [-0.2, 0) is 21.0 Å². The fourth-order valence-corrected chi connectivity index (χ4v) is 6.54. The van der Waals surface area contributed by atoms with E-state index in [1.54, 1.807) is 0 Å². The van der Waals surface area contributed by atoms with Crippen molar-refractivity contribution in [1.82, 2.24) is 10.2 Å². The Hall–Kier alpha value is -2.32. The fourth-order valence-electron chi connectivity index (χ4n) is 4.25. The lowest BCUT2D eigenvalue weighted by atomic mass is 9.76. The van der Waals surface area contributed by atoms with Crippen molar-refractivity contribution in [1.29, 1.82) is 0 Å². The van der Waals surface area contributed by atoms with Crippen LogP contribution in [0, 0.1) is 17.6 Å². The lowest BCUT2D eigenvalue weighted by Crippen LogP contribution is -2.41. The van der Waals surface area contributed by atoms with Crippen LogP contribution in [0.2, 0.25) is 5.02 Å². The van der Waals surface area contributed by atoms with Gasteiger partial charge in [-0.15, -0.1) is 10.2 Å². The number of aromatic nitrogens is 2. The highest BCUT2D eigenvalue weighted by Gasteiger charge is 2.50. The molecule has 4 rings (SSSR count). The van der Waals surface area contributed by atoms with Crippen molar-refractivity contribution in [3.05, 3.63) is 77.0 Å². The highest BCUT2D eigenvalue weighted by atomic mass is 35.5. The van der Waals surface area contributed by atoms with Gasteiger partial charge in [-0.05, 0) is 74.1 Å². The van der Waals surface area contributed by atoms with Crippen LogP contribution in [0.5, 0.6) is 0 Å². The van der Waals surface area contributed by atoms with Gasteiger partial charge in [-0.3, -0.25) is 0 Å². The maximum absolute atomic E-state index is 14.8. The van der Waals surface area contributed by atoms with Gasteiger partial charge in [0.05, 0.1) is 4.90 Å². The fraction of sp³-hybridized carbons (Fsp3) is 0.333. The van der Waals surface area contributed by atoms with Crippen LogP contribution in [0.3, 0.4) is 0 Å². The second-order valence-electron chi connectivity index (χ2n) is 7.56. The summed E-state index contributed by atoms with van der Waals surface area (Å²) in [5, 5.41) is 7.93. The molecule has 0 radical (unpaired) electrons. The minimum absolute atomic E-state index is 0.0333. The van der Waals surface area contributed by atoms with E-state index in [9.17, 15) is 17.2 Å². The molecule has 0 saturated heterocycles. The molecule has 30 heavy (non-hydrogen) atoms. The van der Waals surface area contributed by atoms with Crippen LogP contribution >= 0.6 is 11.6 Å². The Kier molecular flexibility index (Phi) is 5.63. The van der Waals surface area contributed by atoms with Crippen LogP contribution in [0.25, 0.3) is 0 Å². The summed E-state index contributed by atoms with van der Waals surface area (Å²) >= 11 is 5.91.